The van der Waals surface area contributed by atoms with Gasteiger partial charge >= 0.3 is 11.7 Å². The van der Waals surface area contributed by atoms with Crippen LogP contribution in [0.5, 0.6) is 5.75 Å². The number of carboxylic acids is 1. The Morgan fingerprint density at radius 3 is 2.65 bits per heavy atom. The van der Waals surface area contributed by atoms with Crippen LogP contribution in [0.2, 0.25) is 0 Å². The Labute approximate surface area is 95.5 Å². The van der Waals surface area contributed by atoms with E-state index in [2.05, 4.69) is 0 Å². The number of aryl methyl sites for hydroxylation is 1. The van der Waals surface area contributed by atoms with Crippen molar-refractivity contribution < 1.29 is 24.3 Å². The molecule has 0 unspecified atom stereocenters. The fourth-order valence-corrected chi connectivity index (χ4v) is 1.36. The highest BCUT2D eigenvalue weighted by atomic mass is 19.1. The van der Waals surface area contributed by atoms with Crippen LogP contribution in [0.1, 0.15) is 18.4 Å². The normalized spacial score (nSPS) is 10.2. The van der Waals surface area contributed by atoms with Gasteiger partial charge in [-0.2, -0.15) is 4.39 Å². The Morgan fingerprint density at radius 2 is 2.12 bits per heavy atom. The van der Waals surface area contributed by atoms with Gasteiger partial charge in [-0.3, -0.25) is 14.9 Å². The van der Waals surface area contributed by atoms with E-state index in [0.717, 1.165) is 6.07 Å². The number of rotatable bonds is 5. The largest absolute Gasteiger partial charge is 0.508 e. The Hall–Kier alpha value is -2.18. The average Bonchev–Trinajstić information content (AvgIpc) is 2.20. The number of nitrogens with zero attached hydrogens (tertiary/aromatic N) is 1. The van der Waals surface area contributed by atoms with Gasteiger partial charge in [0.05, 0.1) is 4.92 Å². The minimum absolute atomic E-state index is 0.120. The molecule has 1 aromatic rings. The summed E-state index contributed by atoms with van der Waals surface area (Å²) in [6, 6.07) is 1.58. The van der Waals surface area contributed by atoms with Crippen LogP contribution in [0.15, 0.2) is 12.1 Å². The molecule has 0 saturated carbocycles. The van der Waals surface area contributed by atoms with Crippen molar-refractivity contribution >= 4 is 11.7 Å². The van der Waals surface area contributed by atoms with Crippen LogP contribution >= 0.6 is 0 Å². The van der Waals surface area contributed by atoms with Crippen molar-refractivity contribution in [2.45, 2.75) is 19.3 Å². The molecule has 92 valence electrons. The second-order valence-corrected chi connectivity index (χ2v) is 3.44. The fraction of sp³-hybridized carbons (Fsp3) is 0.300. The summed E-state index contributed by atoms with van der Waals surface area (Å²) in [6.45, 7) is 0. The van der Waals surface area contributed by atoms with Gasteiger partial charge in [0.2, 0.25) is 5.82 Å². The van der Waals surface area contributed by atoms with Crippen LogP contribution in [0, 0.1) is 15.9 Å². The molecule has 0 amide bonds. The Bertz CT molecular complexity index is 460. The van der Waals surface area contributed by atoms with Crippen molar-refractivity contribution in [3.8, 4) is 5.75 Å². The van der Waals surface area contributed by atoms with Crippen molar-refractivity contribution in [1.82, 2.24) is 0 Å². The third-order valence-electron chi connectivity index (χ3n) is 2.18. The van der Waals surface area contributed by atoms with Gasteiger partial charge in [-0.15, -0.1) is 0 Å². The second kappa shape index (κ2) is 5.24. The third kappa shape index (κ3) is 3.40. The predicted molar refractivity (Wildman–Crippen MR) is 55.3 cm³/mol. The molecule has 7 heteroatoms. The van der Waals surface area contributed by atoms with E-state index in [1.165, 1.54) is 0 Å². The molecule has 0 aliphatic rings. The SMILES string of the molecule is O=C(O)CCCc1cc([N+](=O)[O-])c(F)cc1O. The first-order chi connectivity index (χ1) is 7.91. The lowest BCUT2D eigenvalue weighted by molar-refractivity contribution is -0.387. The van der Waals surface area contributed by atoms with Gasteiger partial charge in [-0.05, 0) is 12.8 Å². The number of phenolic OH excluding ortho intramolecular Hbond substituents is 1. The number of benzene rings is 1. The maximum atomic E-state index is 13.0. The van der Waals surface area contributed by atoms with Crippen molar-refractivity contribution in [1.29, 1.82) is 0 Å². The zero-order chi connectivity index (χ0) is 13.0. The molecule has 0 aliphatic carbocycles. The first-order valence-electron chi connectivity index (χ1n) is 4.79. The average molecular weight is 243 g/mol. The zero-order valence-electron chi connectivity index (χ0n) is 8.72. The summed E-state index contributed by atoms with van der Waals surface area (Å²) in [6.07, 6.45) is 0.232. The number of nitro benzene ring substituents is 1. The van der Waals surface area contributed by atoms with E-state index in [-0.39, 0.29) is 24.8 Å². The van der Waals surface area contributed by atoms with Gasteiger partial charge in [0, 0.05) is 24.1 Å². The van der Waals surface area contributed by atoms with Crippen molar-refractivity contribution in [2.75, 3.05) is 0 Å². The number of nitro groups is 1. The van der Waals surface area contributed by atoms with Crippen LogP contribution in [0.3, 0.4) is 0 Å². The van der Waals surface area contributed by atoms with E-state index in [9.17, 15) is 24.4 Å². The summed E-state index contributed by atoms with van der Waals surface area (Å²) in [5.74, 6) is -2.52. The number of carboxylic acid groups (broad SMARTS) is 1. The van der Waals surface area contributed by atoms with Gasteiger partial charge < -0.3 is 10.2 Å². The quantitative estimate of drug-likeness (QED) is 0.607. The van der Waals surface area contributed by atoms with E-state index in [1.807, 2.05) is 0 Å². The number of hydrogen-bond acceptors (Lipinski definition) is 4. The summed E-state index contributed by atoms with van der Waals surface area (Å²) in [4.78, 5) is 19.8. The molecule has 0 heterocycles. The van der Waals surface area contributed by atoms with Gasteiger partial charge in [0.15, 0.2) is 0 Å². The molecule has 1 aromatic carbocycles. The van der Waals surface area contributed by atoms with E-state index < -0.39 is 28.1 Å². The predicted octanol–water partition coefficient (Wildman–Crippen LogP) is 1.85. The second-order valence-electron chi connectivity index (χ2n) is 3.44. The maximum Gasteiger partial charge on any atom is 0.305 e. The lowest BCUT2D eigenvalue weighted by atomic mass is 10.1. The van der Waals surface area contributed by atoms with Crippen molar-refractivity contribution in [2.24, 2.45) is 0 Å². The first kappa shape index (κ1) is 12.9. The standard InChI is InChI=1S/C10H10FNO5/c11-7-5-9(13)6(2-1-3-10(14)15)4-8(7)12(16)17/h4-5,13H,1-3H2,(H,14,15). The molecule has 0 saturated heterocycles. The van der Waals surface area contributed by atoms with E-state index in [0.29, 0.717) is 6.07 Å². The summed E-state index contributed by atoms with van der Waals surface area (Å²) >= 11 is 0. The number of halogens is 1. The van der Waals surface area contributed by atoms with E-state index in [4.69, 9.17) is 5.11 Å². The topological polar surface area (TPSA) is 101 Å². The van der Waals surface area contributed by atoms with Gasteiger partial charge in [-0.1, -0.05) is 0 Å². The molecular weight excluding hydrogens is 233 g/mol. The molecular formula is C10H10FNO5. The molecule has 0 bridgehead atoms. The lowest BCUT2D eigenvalue weighted by Crippen LogP contribution is -1.98. The van der Waals surface area contributed by atoms with Crippen molar-refractivity contribution in [3.05, 3.63) is 33.6 Å². The minimum atomic E-state index is -1.12. The smallest absolute Gasteiger partial charge is 0.305 e. The number of carbonyl (C=O) groups is 1. The van der Waals surface area contributed by atoms with Gasteiger partial charge in [-0.25, -0.2) is 0 Å². The molecule has 2 N–H and O–H groups in total. The molecule has 6 nitrogen and oxygen atoms in total. The Balaban J connectivity index is 2.88. The number of phenols is 1. The molecule has 0 spiro atoms. The zero-order valence-corrected chi connectivity index (χ0v) is 8.72. The van der Waals surface area contributed by atoms with E-state index in [1.54, 1.807) is 0 Å². The Kier molecular flexibility index (Phi) is 3.97. The summed E-state index contributed by atoms with van der Waals surface area (Å²) in [5.41, 5.74) is -0.563. The van der Waals surface area contributed by atoms with Gasteiger partial charge in [0.1, 0.15) is 5.75 Å². The van der Waals surface area contributed by atoms with Crippen LogP contribution in [-0.2, 0) is 11.2 Å². The summed E-state index contributed by atoms with van der Waals surface area (Å²) in [5, 5.41) is 28.2. The molecule has 0 aromatic heterocycles. The molecule has 1 rings (SSSR count). The minimum Gasteiger partial charge on any atom is -0.508 e. The molecule has 0 radical (unpaired) electrons. The van der Waals surface area contributed by atoms with Crippen LogP contribution < -0.4 is 0 Å². The number of aliphatic carboxylic acids is 1. The summed E-state index contributed by atoms with van der Waals surface area (Å²) < 4.78 is 13.0. The highest BCUT2D eigenvalue weighted by Gasteiger charge is 2.17. The third-order valence-corrected chi connectivity index (χ3v) is 2.18. The number of hydrogen-bond donors (Lipinski definition) is 2. The number of aromatic hydroxyl groups is 1. The molecule has 17 heavy (non-hydrogen) atoms. The monoisotopic (exact) mass is 243 g/mol. The molecule has 0 aliphatic heterocycles. The highest BCUT2D eigenvalue weighted by Crippen LogP contribution is 2.27. The lowest BCUT2D eigenvalue weighted by Gasteiger charge is -2.04. The highest BCUT2D eigenvalue weighted by molar-refractivity contribution is 5.66. The summed E-state index contributed by atoms with van der Waals surface area (Å²) in [7, 11) is 0. The molecule has 0 fully saturated rings. The Morgan fingerprint density at radius 1 is 1.47 bits per heavy atom. The van der Waals surface area contributed by atoms with Gasteiger partial charge in [0.25, 0.3) is 0 Å². The van der Waals surface area contributed by atoms with Crippen LogP contribution in [0.25, 0.3) is 0 Å². The first-order valence-corrected chi connectivity index (χ1v) is 4.79. The van der Waals surface area contributed by atoms with E-state index >= 15 is 0 Å². The maximum absolute atomic E-state index is 13.0. The fourth-order valence-electron chi connectivity index (χ4n) is 1.36. The van der Waals surface area contributed by atoms with Crippen LogP contribution in [0.4, 0.5) is 10.1 Å². The van der Waals surface area contributed by atoms with Crippen molar-refractivity contribution in [3.63, 3.8) is 0 Å². The molecule has 0 atom stereocenters. The van der Waals surface area contributed by atoms with Crippen LogP contribution in [-0.4, -0.2) is 21.1 Å².